The van der Waals surface area contributed by atoms with Crippen molar-refractivity contribution in [2.45, 2.75) is 51.1 Å². The Labute approximate surface area is 105 Å². The zero-order valence-electron chi connectivity index (χ0n) is 11.0. The Balaban J connectivity index is 1.81. The van der Waals surface area contributed by atoms with E-state index in [1.165, 1.54) is 31.9 Å². The Hall–Kier alpha value is -0.130. The third-order valence-electron chi connectivity index (χ3n) is 4.01. The van der Waals surface area contributed by atoms with Crippen LogP contribution in [0.15, 0.2) is 0 Å². The van der Waals surface area contributed by atoms with Gasteiger partial charge in [0.15, 0.2) is 0 Å². The summed E-state index contributed by atoms with van der Waals surface area (Å²) in [5.74, 6) is 1.75. The van der Waals surface area contributed by atoms with Crippen molar-refractivity contribution in [1.29, 1.82) is 0 Å². The standard InChI is InChI=1S/C12H24N2O2S/c1-12(2,14-17(3,15)16)8-13-11-7-9-4-5-10(11)6-9/h9-11,13-14H,4-8H2,1-3H3. The zero-order valence-corrected chi connectivity index (χ0v) is 11.8. The summed E-state index contributed by atoms with van der Waals surface area (Å²) in [6, 6.07) is 0.606. The summed E-state index contributed by atoms with van der Waals surface area (Å²) in [7, 11) is -3.13. The largest absolute Gasteiger partial charge is 0.312 e. The monoisotopic (exact) mass is 260 g/mol. The summed E-state index contributed by atoms with van der Waals surface area (Å²) in [6.07, 6.45) is 6.61. The highest BCUT2D eigenvalue weighted by molar-refractivity contribution is 7.88. The van der Waals surface area contributed by atoms with Crippen molar-refractivity contribution in [2.75, 3.05) is 12.8 Å². The van der Waals surface area contributed by atoms with Crippen LogP contribution in [-0.4, -0.2) is 32.8 Å². The van der Waals surface area contributed by atoms with Gasteiger partial charge in [-0.25, -0.2) is 13.1 Å². The molecule has 2 rings (SSSR count). The van der Waals surface area contributed by atoms with Crippen molar-refractivity contribution in [1.82, 2.24) is 10.0 Å². The van der Waals surface area contributed by atoms with Gasteiger partial charge >= 0.3 is 0 Å². The van der Waals surface area contributed by atoms with Crippen LogP contribution in [0.5, 0.6) is 0 Å². The van der Waals surface area contributed by atoms with Gasteiger partial charge in [-0.2, -0.15) is 0 Å². The molecule has 2 fully saturated rings. The summed E-state index contributed by atoms with van der Waals surface area (Å²) in [4.78, 5) is 0. The van der Waals surface area contributed by atoms with Crippen molar-refractivity contribution in [3.63, 3.8) is 0 Å². The Morgan fingerprint density at radius 3 is 2.41 bits per heavy atom. The van der Waals surface area contributed by atoms with Crippen LogP contribution in [0.3, 0.4) is 0 Å². The van der Waals surface area contributed by atoms with E-state index in [1.807, 2.05) is 13.8 Å². The normalized spacial score (nSPS) is 33.2. The van der Waals surface area contributed by atoms with Crippen molar-refractivity contribution in [3.05, 3.63) is 0 Å². The molecule has 2 aliphatic rings. The number of sulfonamides is 1. The lowest BCUT2D eigenvalue weighted by Crippen LogP contribution is -2.52. The Morgan fingerprint density at radius 2 is 1.94 bits per heavy atom. The molecule has 5 heteroatoms. The van der Waals surface area contributed by atoms with Crippen LogP contribution in [0.25, 0.3) is 0 Å². The molecular formula is C12H24N2O2S. The molecule has 2 N–H and O–H groups in total. The van der Waals surface area contributed by atoms with Gasteiger partial charge in [-0.05, 0) is 44.9 Å². The Morgan fingerprint density at radius 1 is 1.24 bits per heavy atom. The van der Waals surface area contributed by atoms with E-state index in [0.717, 1.165) is 11.8 Å². The predicted octanol–water partition coefficient (Wildman–Crippen LogP) is 1.09. The minimum absolute atomic E-state index is 0.407. The first-order valence-electron chi connectivity index (χ1n) is 6.47. The first-order chi connectivity index (χ1) is 7.75. The third kappa shape index (κ3) is 3.66. The number of fused-ring (bicyclic) bond motifs is 2. The van der Waals surface area contributed by atoms with E-state index in [4.69, 9.17) is 0 Å². The lowest BCUT2D eigenvalue weighted by Gasteiger charge is -2.30. The maximum absolute atomic E-state index is 11.2. The average Bonchev–Trinajstić information content (AvgIpc) is 2.71. The first kappa shape index (κ1) is 13.3. The van der Waals surface area contributed by atoms with Crippen molar-refractivity contribution in [3.8, 4) is 0 Å². The van der Waals surface area contributed by atoms with E-state index >= 15 is 0 Å². The summed E-state index contributed by atoms with van der Waals surface area (Å²) in [6.45, 7) is 4.55. The van der Waals surface area contributed by atoms with E-state index in [9.17, 15) is 8.42 Å². The quantitative estimate of drug-likeness (QED) is 0.778. The van der Waals surface area contributed by atoms with E-state index in [2.05, 4.69) is 10.0 Å². The van der Waals surface area contributed by atoms with Crippen LogP contribution in [0.4, 0.5) is 0 Å². The van der Waals surface area contributed by atoms with Gasteiger partial charge in [0.25, 0.3) is 0 Å². The molecule has 17 heavy (non-hydrogen) atoms. The van der Waals surface area contributed by atoms with Gasteiger partial charge in [0.05, 0.1) is 6.26 Å². The molecule has 3 unspecified atom stereocenters. The predicted molar refractivity (Wildman–Crippen MR) is 69.3 cm³/mol. The molecule has 3 atom stereocenters. The van der Waals surface area contributed by atoms with E-state index in [0.29, 0.717) is 12.6 Å². The molecule has 0 radical (unpaired) electrons. The fraction of sp³-hybridized carbons (Fsp3) is 1.00. The topological polar surface area (TPSA) is 58.2 Å². The SMILES string of the molecule is CC(C)(CNC1CC2CCC1C2)NS(C)(=O)=O. The second-order valence-corrected chi connectivity index (χ2v) is 8.17. The van der Waals surface area contributed by atoms with E-state index in [-0.39, 0.29) is 0 Å². The Bertz CT molecular complexity index is 378. The molecule has 100 valence electrons. The van der Waals surface area contributed by atoms with Gasteiger partial charge in [-0.3, -0.25) is 0 Å². The van der Waals surface area contributed by atoms with Crippen molar-refractivity contribution >= 4 is 10.0 Å². The van der Waals surface area contributed by atoms with Crippen LogP contribution < -0.4 is 10.0 Å². The first-order valence-corrected chi connectivity index (χ1v) is 8.37. The molecule has 0 spiro atoms. The van der Waals surface area contributed by atoms with E-state index in [1.54, 1.807) is 0 Å². The highest BCUT2D eigenvalue weighted by atomic mass is 32.2. The maximum atomic E-state index is 11.2. The minimum atomic E-state index is -3.13. The molecule has 0 aliphatic heterocycles. The smallest absolute Gasteiger partial charge is 0.209 e. The molecule has 4 nitrogen and oxygen atoms in total. The van der Waals surface area contributed by atoms with Gasteiger partial charge in [0.2, 0.25) is 10.0 Å². The van der Waals surface area contributed by atoms with Gasteiger partial charge in [0, 0.05) is 18.1 Å². The summed E-state index contributed by atoms with van der Waals surface area (Å²) < 4.78 is 25.1. The van der Waals surface area contributed by atoms with Crippen LogP contribution in [0.2, 0.25) is 0 Å². The molecule has 0 heterocycles. The lowest BCUT2D eigenvalue weighted by molar-refractivity contribution is 0.315. The van der Waals surface area contributed by atoms with Crippen LogP contribution >= 0.6 is 0 Å². The van der Waals surface area contributed by atoms with Crippen LogP contribution in [0, 0.1) is 11.8 Å². The summed E-state index contributed by atoms with van der Waals surface area (Å²) >= 11 is 0. The molecular weight excluding hydrogens is 236 g/mol. The van der Waals surface area contributed by atoms with Crippen molar-refractivity contribution < 1.29 is 8.42 Å². The average molecular weight is 260 g/mol. The molecule has 0 aromatic heterocycles. The molecule has 2 bridgehead atoms. The highest BCUT2D eigenvalue weighted by Crippen LogP contribution is 2.44. The molecule has 0 aromatic carbocycles. The van der Waals surface area contributed by atoms with Crippen molar-refractivity contribution in [2.24, 2.45) is 11.8 Å². The maximum Gasteiger partial charge on any atom is 0.209 e. The van der Waals surface area contributed by atoms with Crippen LogP contribution in [-0.2, 0) is 10.0 Å². The number of nitrogens with one attached hydrogen (secondary N) is 2. The summed E-state index contributed by atoms with van der Waals surface area (Å²) in [5.41, 5.74) is -0.407. The molecule has 0 saturated heterocycles. The van der Waals surface area contributed by atoms with Gasteiger partial charge in [-0.15, -0.1) is 0 Å². The second-order valence-electron chi connectivity index (χ2n) is 6.42. The zero-order chi connectivity index (χ0) is 12.7. The van der Waals surface area contributed by atoms with Gasteiger partial charge in [0.1, 0.15) is 0 Å². The number of rotatable bonds is 5. The van der Waals surface area contributed by atoms with Crippen LogP contribution in [0.1, 0.15) is 39.5 Å². The molecule has 0 amide bonds. The minimum Gasteiger partial charge on any atom is -0.312 e. The molecule has 0 aromatic rings. The number of hydrogen-bond acceptors (Lipinski definition) is 3. The molecule has 2 aliphatic carbocycles. The Kier molecular flexibility index (Phi) is 3.54. The van der Waals surface area contributed by atoms with Gasteiger partial charge in [-0.1, -0.05) is 6.42 Å². The highest BCUT2D eigenvalue weighted by Gasteiger charge is 2.39. The fourth-order valence-electron chi connectivity index (χ4n) is 3.42. The van der Waals surface area contributed by atoms with Gasteiger partial charge < -0.3 is 5.32 Å². The summed E-state index contributed by atoms with van der Waals surface area (Å²) in [5, 5.41) is 3.55. The van der Waals surface area contributed by atoms with E-state index < -0.39 is 15.6 Å². The number of hydrogen-bond donors (Lipinski definition) is 2. The second kappa shape index (κ2) is 4.52. The third-order valence-corrected chi connectivity index (χ3v) is 4.93. The lowest BCUT2D eigenvalue weighted by atomic mass is 9.94. The molecule has 2 saturated carbocycles. The fourth-order valence-corrected chi connectivity index (χ4v) is 4.49.